The lowest BCUT2D eigenvalue weighted by Gasteiger charge is -2.34. The Labute approximate surface area is 254 Å². The van der Waals surface area contributed by atoms with Crippen LogP contribution in [0.15, 0.2) is 83.9 Å². The quantitative estimate of drug-likeness (QED) is 0.260. The maximum absolute atomic E-state index is 15.0. The van der Waals surface area contributed by atoms with Gasteiger partial charge in [0.25, 0.3) is 11.8 Å². The van der Waals surface area contributed by atoms with Gasteiger partial charge in [0.05, 0.1) is 11.6 Å². The largest absolute Gasteiger partial charge is 0.490 e. The zero-order valence-corrected chi connectivity index (χ0v) is 25.9. The number of nitrogens with zero attached hydrogens (tertiary/aromatic N) is 3. The number of allylic oxidation sites excluding steroid dienone is 5. The van der Waals surface area contributed by atoms with E-state index in [1.807, 2.05) is 92.7 Å². The zero-order chi connectivity index (χ0) is 30.3. The van der Waals surface area contributed by atoms with E-state index in [1.165, 1.54) is 18.1 Å². The molecule has 1 aromatic carbocycles. The van der Waals surface area contributed by atoms with Crippen LogP contribution >= 0.6 is 11.9 Å². The van der Waals surface area contributed by atoms with Gasteiger partial charge in [0, 0.05) is 50.1 Å². The smallest absolute Gasteiger partial charge is 0.272 e. The highest BCUT2D eigenvalue weighted by molar-refractivity contribution is 8.01. The van der Waals surface area contributed by atoms with Crippen molar-refractivity contribution < 1.29 is 18.7 Å². The highest BCUT2D eigenvalue weighted by Crippen LogP contribution is 2.28. The summed E-state index contributed by atoms with van der Waals surface area (Å²) in [5.74, 6) is 0.281. The number of alkyl halides is 1. The molecule has 0 saturated carbocycles. The third-order valence-electron chi connectivity index (χ3n) is 6.86. The van der Waals surface area contributed by atoms with E-state index in [0.29, 0.717) is 31.6 Å². The molecule has 2 atom stereocenters. The number of likely N-dealkylation sites (tertiary alicyclic amines) is 1. The second-order valence-electron chi connectivity index (χ2n) is 9.81. The Bertz CT molecular complexity index is 1210. The van der Waals surface area contributed by atoms with Gasteiger partial charge in [-0.05, 0) is 62.6 Å². The number of carbonyl (C=O) groups excluding carboxylic acids is 2. The Kier molecular flexibility index (Phi) is 13.8. The van der Waals surface area contributed by atoms with Crippen LogP contribution in [-0.4, -0.2) is 70.5 Å². The SMILES string of the molecule is CC.C\C=C/C=C(\C=C/C)SN1CC[C@@H](NC(=O)c2ccc(C(=O)N3CCC(Oc4ccccc4)CC3)nc2)[C@H](F)C1. The summed E-state index contributed by atoms with van der Waals surface area (Å²) in [4.78, 5) is 32.8. The first-order valence-electron chi connectivity index (χ1n) is 14.8. The molecule has 0 unspecified atom stereocenters. The number of rotatable bonds is 9. The predicted molar refractivity (Wildman–Crippen MR) is 169 cm³/mol. The Morgan fingerprint density at radius 2 is 1.76 bits per heavy atom. The Morgan fingerprint density at radius 3 is 2.38 bits per heavy atom. The van der Waals surface area contributed by atoms with Gasteiger partial charge in [-0.3, -0.25) is 14.6 Å². The average molecular weight is 595 g/mol. The van der Waals surface area contributed by atoms with Crippen molar-refractivity contribution in [1.29, 1.82) is 0 Å². The Balaban J connectivity index is 0.00000237. The number of hydrogen-bond donors (Lipinski definition) is 1. The first-order chi connectivity index (χ1) is 20.5. The molecule has 0 aliphatic carbocycles. The fourth-order valence-electron chi connectivity index (χ4n) is 4.68. The van der Waals surface area contributed by atoms with Gasteiger partial charge in [-0.25, -0.2) is 8.70 Å². The van der Waals surface area contributed by atoms with Crippen molar-refractivity contribution in [1.82, 2.24) is 19.5 Å². The van der Waals surface area contributed by atoms with Crippen molar-refractivity contribution in [3.63, 3.8) is 0 Å². The molecular formula is C33H43FN4O3S. The monoisotopic (exact) mass is 594 g/mol. The van der Waals surface area contributed by atoms with Gasteiger partial charge < -0.3 is 15.0 Å². The van der Waals surface area contributed by atoms with Gasteiger partial charge in [-0.1, -0.05) is 56.4 Å². The van der Waals surface area contributed by atoms with Gasteiger partial charge in [0.15, 0.2) is 0 Å². The second-order valence-corrected chi connectivity index (χ2v) is 11.0. The van der Waals surface area contributed by atoms with Crippen LogP contribution in [0.5, 0.6) is 5.75 Å². The van der Waals surface area contributed by atoms with Crippen molar-refractivity contribution in [2.45, 2.75) is 65.3 Å². The Morgan fingerprint density at radius 1 is 1.02 bits per heavy atom. The van der Waals surface area contributed by atoms with Crippen LogP contribution in [0.3, 0.4) is 0 Å². The predicted octanol–water partition coefficient (Wildman–Crippen LogP) is 6.62. The number of piperidine rings is 2. The Hall–Kier alpha value is -3.43. The van der Waals surface area contributed by atoms with Crippen molar-refractivity contribution in [2.24, 2.45) is 0 Å². The minimum atomic E-state index is -1.19. The third-order valence-corrected chi connectivity index (χ3v) is 7.93. The molecule has 0 bridgehead atoms. The molecule has 2 aromatic rings. The molecular weight excluding hydrogens is 551 g/mol. The molecule has 226 valence electrons. The van der Waals surface area contributed by atoms with Crippen molar-refractivity contribution >= 4 is 23.8 Å². The fraction of sp³-hybridized carbons (Fsp3) is 0.424. The number of para-hydroxylation sites is 1. The first kappa shape index (κ1) is 33.1. The zero-order valence-electron chi connectivity index (χ0n) is 25.0. The minimum absolute atomic E-state index is 0.0696. The van der Waals surface area contributed by atoms with E-state index in [9.17, 15) is 14.0 Å². The molecule has 7 nitrogen and oxygen atoms in total. The van der Waals surface area contributed by atoms with Crippen molar-refractivity contribution in [3.05, 3.63) is 95.2 Å². The van der Waals surface area contributed by atoms with Crippen LogP contribution in [-0.2, 0) is 0 Å². The molecule has 4 rings (SSSR count). The summed E-state index contributed by atoms with van der Waals surface area (Å²) >= 11 is 1.52. The standard InChI is InChI=1S/C31H37FN4O3S.C2H6/c1-3-5-12-26(9-4-2)40-36-20-17-28(27(32)22-36)34-30(37)23-13-14-29(33-21-23)31(38)35-18-15-25(16-19-35)39-24-10-7-6-8-11-24;1-2/h3-14,21,25,27-28H,15-20,22H2,1-2H3,(H,34,37);1-2H3/b5-3-,9-4-,26-12+;/t27-,28-;/m1./s1. The average Bonchev–Trinajstić information content (AvgIpc) is 3.03. The molecule has 2 saturated heterocycles. The molecule has 9 heteroatoms. The van der Waals surface area contributed by atoms with Crippen LogP contribution in [0, 0.1) is 0 Å². The number of aromatic nitrogens is 1. The van der Waals surface area contributed by atoms with Crippen LogP contribution < -0.4 is 10.1 Å². The van der Waals surface area contributed by atoms with Crippen molar-refractivity contribution in [2.75, 3.05) is 26.2 Å². The molecule has 2 aliphatic heterocycles. The van der Waals surface area contributed by atoms with E-state index in [-0.39, 0.29) is 30.2 Å². The van der Waals surface area contributed by atoms with Gasteiger partial charge in [-0.15, -0.1) is 0 Å². The third kappa shape index (κ3) is 9.84. The van der Waals surface area contributed by atoms with E-state index >= 15 is 0 Å². The highest BCUT2D eigenvalue weighted by Gasteiger charge is 2.31. The van der Waals surface area contributed by atoms with Crippen LogP contribution in [0.25, 0.3) is 0 Å². The highest BCUT2D eigenvalue weighted by atomic mass is 32.2. The first-order valence-corrected chi connectivity index (χ1v) is 15.5. The lowest BCUT2D eigenvalue weighted by molar-refractivity contribution is 0.0589. The number of ether oxygens (including phenoxy) is 1. The summed E-state index contributed by atoms with van der Waals surface area (Å²) < 4.78 is 23.0. The minimum Gasteiger partial charge on any atom is -0.490 e. The molecule has 0 spiro atoms. The molecule has 1 aromatic heterocycles. The second kappa shape index (κ2) is 17.5. The number of pyridine rings is 1. The number of benzene rings is 1. The maximum Gasteiger partial charge on any atom is 0.272 e. The van der Waals surface area contributed by atoms with Crippen LogP contribution in [0.2, 0.25) is 0 Å². The summed E-state index contributed by atoms with van der Waals surface area (Å²) in [6.45, 7) is 9.94. The number of nitrogens with one attached hydrogen (secondary N) is 1. The van der Waals surface area contributed by atoms with Crippen LogP contribution in [0.1, 0.15) is 67.8 Å². The molecule has 3 heterocycles. The van der Waals surface area contributed by atoms with E-state index in [4.69, 9.17) is 4.74 Å². The van der Waals surface area contributed by atoms with E-state index in [0.717, 1.165) is 23.5 Å². The van der Waals surface area contributed by atoms with E-state index in [2.05, 4.69) is 10.3 Å². The molecule has 0 radical (unpaired) electrons. The normalized spacial score (nSPS) is 20.3. The molecule has 2 aliphatic rings. The summed E-state index contributed by atoms with van der Waals surface area (Å²) in [5, 5.41) is 2.82. The van der Waals surface area contributed by atoms with Gasteiger partial charge >= 0.3 is 0 Å². The lowest BCUT2D eigenvalue weighted by Crippen LogP contribution is -2.50. The fourth-order valence-corrected chi connectivity index (χ4v) is 5.73. The lowest BCUT2D eigenvalue weighted by atomic mass is 10.0. The number of hydrogen-bond acceptors (Lipinski definition) is 6. The topological polar surface area (TPSA) is 74.8 Å². The number of halogens is 1. The van der Waals surface area contributed by atoms with Gasteiger partial charge in [0.2, 0.25) is 0 Å². The maximum atomic E-state index is 15.0. The van der Waals surface area contributed by atoms with Gasteiger partial charge in [-0.2, -0.15) is 0 Å². The van der Waals surface area contributed by atoms with E-state index < -0.39 is 12.2 Å². The van der Waals surface area contributed by atoms with Gasteiger partial charge in [0.1, 0.15) is 23.7 Å². The van der Waals surface area contributed by atoms with Crippen LogP contribution in [0.4, 0.5) is 4.39 Å². The van der Waals surface area contributed by atoms with Crippen molar-refractivity contribution in [3.8, 4) is 5.75 Å². The summed E-state index contributed by atoms with van der Waals surface area (Å²) in [7, 11) is 0. The molecule has 2 fully saturated rings. The summed E-state index contributed by atoms with van der Waals surface area (Å²) in [6, 6.07) is 12.3. The molecule has 1 N–H and O–H groups in total. The molecule has 42 heavy (non-hydrogen) atoms. The number of amides is 2. The number of carbonyl (C=O) groups is 2. The molecule has 2 amide bonds. The summed E-state index contributed by atoms with van der Waals surface area (Å²) in [5.41, 5.74) is 0.593. The summed E-state index contributed by atoms with van der Waals surface area (Å²) in [6.07, 6.45) is 12.1. The van der Waals surface area contributed by atoms with E-state index in [1.54, 1.807) is 17.0 Å².